The second-order valence-electron chi connectivity index (χ2n) is 3.90. The van der Waals surface area contributed by atoms with Crippen molar-refractivity contribution in [2.45, 2.75) is 6.92 Å². The number of rotatable bonds is 3. The number of amides is 1. The molecule has 2 rings (SSSR count). The molecule has 98 valence electrons. The van der Waals surface area contributed by atoms with E-state index < -0.39 is 0 Å². The number of halogens is 1. The van der Waals surface area contributed by atoms with E-state index in [0.29, 0.717) is 17.2 Å². The molecule has 0 fully saturated rings. The fourth-order valence-corrected chi connectivity index (χ4v) is 1.73. The molecule has 2 heterocycles. The van der Waals surface area contributed by atoms with Crippen molar-refractivity contribution < 1.29 is 4.79 Å². The summed E-state index contributed by atoms with van der Waals surface area (Å²) in [6.07, 6.45) is 1.58. The van der Waals surface area contributed by atoms with Gasteiger partial charge in [-0.1, -0.05) is 0 Å². The van der Waals surface area contributed by atoms with Gasteiger partial charge >= 0.3 is 0 Å². The SMILES string of the molecule is CNc1cc(C(=O)Nc2ccc(Br)c(C)n2)ccn1. The lowest BCUT2D eigenvalue weighted by Crippen LogP contribution is -2.13. The summed E-state index contributed by atoms with van der Waals surface area (Å²) < 4.78 is 0.909. The summed E-state index contributed by atoms with van der Waals surface area (Å²) in [5.74, 6) is 0.953. The van der Waals surface area contributed by atoms with Crippen LogP contribution in [0.15, 0.2) is 34.9 Å². The maximum Gasteiger partial charge on any atom is 0.257 e. The van der Waals surface area contributed by atoms with Crippen LogP contribution in [0.25, 0.3) is 0 Å². The fourth-order valence-electron chi connectivity index (χ4n) is 1.51. The van der Waals surface area contributed by atoms with Gasteiger partial charge in [-0.15, -0.1) is 0 Å². The summed E-state index contributed by atoms with van der Waals surface area (Å²) >= 11 is 3.37. The molecule has 1 amide bonds. The molecule has 0 bridgehead atoms. The van der Waals surface area contributed by atoms with E-state index >= 15 is 0 Å². The summed E-state index contributed by atoms with van der Waals surface area (Å²) in [6, 6.07) is 6.93. The highest BCUT2D eigenvalue weighted by atomic mass is 79.9. The Morgan fingerprint density at radius 1 is 1.26 bits per heavy atom. The first-order valence-electron chi connectivity index (χ1n) is 5.68. The van der Waals surface area contributed by atoms with E-state index in [1.165, 1.54) is 0 Å². The number of pyridine rings is 2. The Bertz CT molecular complexity index is 615. The molecule has 6 heteroatoms. The molecule has 0 saturated carbocycles. The molecule has 2 N–H and O–H groups in total. The van der Waals surface area contributed by atoms with E-state index in [4.69, 9.17) is 0 Å². The van der Waals surface area contributed by atoms with Gasteiger partial charge in [-0.2, -0.15) is 0 Å². The number of nitrogens with one attached hydrogen (secondary N) is 2. The zero-order valence-corrected chi connectivity index (χ0v) is 12.2. The first-order valence-corrected chi connectivity index (χ1v) is 6.48. The highest BCUT2D eigenvalue weighted by Gasteiger charge is 2.08. The van der Waals surface area contributed by atoms with Crippen LogP contribution in [0.1, 0.15) is 16.1 Å². The molecule has 19 heavy (non-hydrogen) atoms. The maximum atomic E-state index is 12.1. The molecular weight excluding hydrogens is 308 g/mol. The van der Waals surface area contributed by atoms with Crippen LogP contribution in [0, 0.1) is 6.92 Å². The second-order valence-corrected chi connectivity index (χ2v) is 4.75. The standard InChI is InChI=1S/C13H13BrN4O/c1-8-10(14)3-4-11(17-8)18-13(19)9-5-6-16-12(7-9)15-2/h3-7H,1-2H3,(H,15,16)(H,17,18,19). The van der Waals surface area contributed by atoms with Crippen LogP contribution in [0.4, 0.5) is 11.6 Å². The number of aromatic nitrogens is 2. The van der Waals surface area contributed by atoms with Crippen LogP contribution in [-0.4, -0.2) is 22.9 Å². The van der Waals surface area contributed by atoms with E-state index in [1.807, 2.05) is 13.0 Å². The Morgan fingerprint density at radius 3 is 2.74 bits per heavy atom. The molecule has 0 aliphatic carbocycles. The number of carbonyl (C=O) groups excluding carboxylic acids is 1. The second kappa shape index (κ2) is 5.79. The summed E-state index contributed by atoms with van der Waals surface area (Å²) in [5, 5.41) is 5.64. The van der Waals surface area contributed by atoms with Crippen LogP contribution in [0.5, 0.6) is 0 Å². The predicted octanol–water partition coefficient (Wildman–Crippen LogP) is 2.84. The highest BCUT2D eigenvalue weighted by molar-refractivity contribution is 9.10. The van der Waals surface area contributed by atoms with Crippen LogP contribution in [-0.2, 0) is 0 Å². The van der Waals surface area contributed by atoms with Crippen LogP contribution >= 0.6 is 15.9 Å². The molecule has 0 unspecified atom stereocenters. The minimum atomic E-state index is -0.215. The molecule has 0 aliphatic rings. The Kier molecular flexibility index (Phi) is 4.11. The Morgan fingerprint density at radius 2 is 2.05 bits per heavy atom. The Labute approximate surface area is 119 Å². The maximum absolute atomic E-state index is 12.1. The van der Waals surface area contributed by atoms with Crippen molar-refractivity contribution >= 4 is 33.5 Å². The molecule has 0 aromatic carbocycles. The van der Waals surface area contributed by atoms with Gasteiger partial charge in [-0.3, -0.25) is 4.79 Å². The smallest absolute Gasteiger partial charge is 0.257 e. The number of nitrogens with zero attached hydrogens (tertiary/aromatic N) is 2. The van der Waals surface area contributed by atoms with Crippen molar-refractivity contribution in [1.29, 1.82) is 0 Å². The average molecular weight is 321 g/mol. The molecule has 2 aromatic rings. The zero-order valence-electron chi connectivity index (χ0n) is 10.6. The summed E-state index contributed by atoms with van der Waals surface area (Å²) in [6.45, 7) is 1.87. The van der Waals surface area contributed by atoms with E-state index in [-0.39, 0.29) is 5.91 Å². The van der Waals surface area contributed by atoms with E-state index in [1.54, 1.807) is 31.4 Å². The molecule has 0 saturated heterocycles. The molecule has 0 aliphatic heterocycles. The largest absolute Gasteiger partial charge is 0.373 e. The van der Waals surface area contributed by atoms with Crippen LogP contribution < -0.4 is 10.6 Å². The molecule has 0 spiro atoms. The lowest BCUT2D eigenvalue weighted by atomic mass is 10.2. The lowest BCUT2D eigenvalue weighted by Gasteiger charge is -2.07. The Hall–Kier alpha value is -1.95. The fraction of sp³-hybridized carbons (Fsp3) is 0.154. The third-order valence-electron chi connectivity index (χ3n) is 2.54. The average Bonchev–Trinajstić information content (AvgIpc) is 2.43. The van der Waals surface area contributed by atoms with Crippen molar-refractivity contribution in [2.24, 2.45) is 0 Å². The van der Waals surface area contributed by atoms with E-state index in [0.717, 1.165) is 10.2 Å². The van der Waals surface area contributed by atoms with Crippen molar-refractivity contribution in [3.63, 3.8) is 0 Å². The van der Waals surface area contributed by atoms with E-state index in [2.05, 4.69) is 36.5 Å². The molecular formula is C13H13BrN4O. The van der Waals surface area contributed by atoms with Crippen molar-refractivity contribution in [3.05, 3.63) is 46.2 Å². The number of anilines is 2. The van der Waals surface area contributed by atoms with Gasteiger partial charge in [0.25, 0.3) is 5.91 Å². The highest BCUT2D eigenvalue weighted by Crippen LogP contribution is 2.17. The first-order chi connectivity index (χ1) is 9.10. The zero-order chi connectivity index (χ0) is 13.8. The monoisotopic (exact) mass is 320 g/mol. The van der Waals surface area contributed by atoms with Crippen LogP contribution in [0.2, 0.25) is 0 Å². The minimum Gasteiger partial charge on any atom is -0.373 e. The minimum absolute atomic E-state index is 0.215. The number of aryl methyl sites for hydroxylation is 1. The predicted molar refractivity (Wildman–Crippen MR) is 78.4 cm³/mol. The van der Waals surface area contributed by atoms with Gasteiger partial charge in [0.05, 0.1) is 5.69 Å². The Balaban J connectivity index is 2.18. The van der Waals surface area contributed by atoms with E-state index in [9.17, 15) is 4.79 Å². The number of carbonyl (C=O) groups is 1. The third kappa shape index (κ3) is 3.29. The summed E-state index contributed by atoms with van der Waals surface area (Å²) in [7, 11) is 1.75. The molecule has 0 atom stereocenters. The summed E-state index contributed by atoms with van der Waals surface area (Å²) in [5.41, 5.74) is 1.35. The molecule has 5 nitrogen and oxygen atoms in total. The quantitative estimate of drug-likeness (QED) is 0.912. The van der Waals surface area contributed by atoms with Crippen molar-refractivity contribution in [3.8, 4) is 0 Å². The normalized spacial score (nSPS) is 10.1. The van der Waals surface area contributed by atoms with Gasteiger partial charge in [0, 0.05) is 23.3 Å². The molecule has 2 aromatic heterocycles. The first kappa shape index (κ1) is 13.5. The van der Waals surface area contributed by atoms with Crippen molar-refractivity contribution in [2.75, 3.05) is 17.7 Å². The van der Waals surface area contributed by atoms with Gasteiger partial charge in [0.1, 0.15) is 11.6 Å². The number of hydrogen-bond donors (Lipinski definition) is 2. The van der Waals surface area contributed by atoms with Gasteiger partial charge in [0.15, 0.2) is 0 Å². The lowest BCUT2D eigenvalue weighted by molar-refractivity contribution is 0.102. The molecule has 0 radical (unpaired) electrons. The van der Waals surface area contributed by atoms with Gasteiger partial charge < -0.3 is 10.6 Å². The van der Waals surface area contributed by atoms with Crippen LogP contribution in [0.3, 0.4) is 0 Å². The van der Waals surface area contributed by atoms with Gasteiger partial charge in [0.2, 0.25) is 0 Å². The van der Waals surface area contributed by atoms with Gasteiger partial charge in [-0.05, 0) is 47.1 Å². The summed E-state index contributed by atoms with van der Waals surface area (Å²) in [4.78, 5) is 20.4. The third-order valence-corrected chi connectivity index (χ3v) is 3.38. The topological polar surface area (TPSA) is 66.9 Å². The van der Waals surface area contributed by atoms with Gasteiger partial charge in [-0.25, -0.2) is 9.97 Å². The van der Waals surface area contributed by atoms with Crippen molar-refractivity contribution in [1.82, 2.24) is 9.97 Å². The number of hydrogen-bond acceptors (Lipinski definition) is 4.